The van der Waals surface area contributed by atoms with Gasteiger partial charge in [-0.1, -0.05) is 62.4 Å². The van der Waals surface area contributed by atoms with E-state index in [0.717, 1.165) is 78.0 Å². The minimum Gasteiger partial charge on any atom is -0.453 e. The molecular formula is C41H50N8O6. The molecule has 4 amide bonds. The summed E-state index contributed by atoms with van der Waals surface area (Å²) in [5.41, 5.74) is 5.89. The summed E-state index contributed by atoms with van der Waals surface area (Å²) in [6, 6.07) is 16.2. The van der Waals surface area contributed by atoms with E-state index in [1.54, 1.807) is 11.1 Å². The number of benzene rings is 2. The first-order valence-electron chi connectivity index (χ1n) is 19.3. The molecule has 3 aliphatic rings. The van der Waals surface area contributed by atoms with Crippen LogP contribution < -0.4 is 10.6 Å². The lowest BCUT2D eigenvalue weighted by molar-refractivity contribution is -0.143. The zero-order valence-electron chi connectivity index (χ0n) is 31.8. The van der Waals surface area contributed by atoms with Crippen LogP contribution in [0.15, 0.2) is 60.9 Å². The number of nitrogens with one attached hydrogen (secondary N) is 4. The summed E-state index contributed by atoms with van der Waals surface area (Å²) >= 11 is 0. The van der Waals surface area contributed by atoms with E-state index in [4.69, 9.17) is 14.5 Å². The number of hydrogen-bond donors (Lipinski definition) is 4. The van der Waals surface area contributed by atoms with E-state index >= 15 is 0 Å². The van der Waals surface area contributed by atoms with E-state index < -0.39 is 18.3 Å². The lowest BCUT2D eigenvalue weighted by Gasteiger charge is -2.29. The van der Waals surface area contributed by atoms with E-state index in [-0.39, 0.29) is 41.8 Å². The van der Waals surface area contributed by atoms with Gasteiger partial charge in [0, 0.05) is 32.1 Å². The van der Waals surface area contributed by atoms with Gasteiger partial charge in [0.15, 0.2) is 6.10 Å². The highest BCUT2D eigenvalue weighted by Gasteiger charge is 2.40. The third-order valence-corrected chi connectivity index (χ3v) is 11.2. The summed E-state index contributed by atoms with van der Waals surface area (Å²) in [7, 11) is 2.83. The molecule has 14 nitrogen and oxygen atoms in total. The molecule has 2 aromatic carbocycles. The molecule has 0 unspecified atom stereocenters. The third-order valence-electron chi connectivity index (χ3n) is 11.2. The summed E-state index contributed by atoms with van der Waals surface area (Å²) in [5, 5.41) is 5.28. The fraction of sp³-hybridized carbons (Fsp3) is 0.463. The maximum atomic E-state index is 13.6. The first kappa shape index (κ1) is 37.6. The molecule has 14 heteroatoms. The van der Waals surface area contributed by atoms with Crippen molar-refractivity contribution < 1.29 is 28.7 Å². The number of alkyl carbamates (subject to hydrolysis) is 2. The van der Waals surface area contributed by atoms with Crippen LogP contribution in [0.1, 0.15) is 82.5 Å². The molecule has 3 fully saturated rings. The van der Waals surface area contributed by atoms with Gasteiger partial charge in [-0.25, -0.2) is 19.6 Å². The fourth-order valence-electron chi connectivity index (χ4n) is 8.23. The lowest BCUT2D eigenvalue weighted by Crippen LogP contribution is -2.45. The number of H-pyrrole nitrogens is 2. The average Bonchev–Trinajstić information content (AvgIpc) is 4.05. The molecule has 4 heterocycles. The Bertz CT molecular complexity index is 1990. The quantitative estimate of drug-likeness (QED) is 0.145. The van der Waals surface area contributed by atoms with Gasteiger partial charge < -0.3 is 39.9 Å². The van der Waals surface area contributed by atoms with Gasteiger partial charge in [-0.15, -0.1) is 0 Å². The molecular weight excluding hydrogens is 701 g/mol. The number of amides is 4. The second kappa shape index (κ2) is 16.4. The van der Waals surface area contributed by atoms with E-state index in [1.165, 1.54) is 14.2 Å². The van der Waals surface area contributed by atoms with Gasteiger partial charge in [0.25, 0.3) is 5.91 Å². The number of rotatable bonds is 10. The zero-order chi connectivity index (χ0) is 38.6. The number of likely N-dealkylation sites (tertiary alicyclic amines) is 2. The van der Waals surface area contributed by atoms with E-state index in [1.807, 2.05) is 24.9 Å². The van der Waals surface area contributed by atoms with Gasteiger partial charge >= 0.3 is 12.2 Å². The normalized spacial score (nSPS) is 21.5. The molecule has 4 N–H and O–H groups in total. The van der Waals surface area contributed by atoms with Crippen molar-refractivity contribution in [1.82, 2.24) is 40.4 Å². The smallest absolute Gasteiger partial charge is 0.407 e. The van der Waals surface area contributed by atoms with Crippen LogP contribution in [0.25, 0.3) is 33.6 Å². The van der Waals surface area contributed by atoms with Crippen molar-refractivity contribution in [1.29, 1.82) is 0 Å². The van der Waals surface area contributed by atoms with Crippen molar-refractivity contribution in [2.75, 3.05) is 27.2 Å². The molecule has 1 aliphatic carbocycles. The van der Waals surface area contributed by atoms with Gasteiger partial charge in [0.05, 0.1) is 43.0 Å². The molecule has 5 atom stereocenters. The standard InChI is InChI=1S/C41H50N8O6/c1-24(2)35(55-40(52)42-3)39(51)49-20-6-8-34(49)37-44-23-32(47-37)28-15-11-26(12-16-28)25-9-13-27(14-10-25)31-22-43-36(46-31)33-7-5-19-48(33)38(50)29-17-18-30(21-29)45-41(53)54-4/h9-16,22-24,29-30,33-35H,5-8,17-21H2,1-4H3,(H,42,52)(H,43,46)(H,44,47)(H,45,53)/t29-,30+,33+,34+,35+/m1/s1. The second-order valence-corrected chi connectivity index (χ2v) is 15.1. The van der Waals surface area contributed by atoms with E-state index in [9.17, 15) is 19.2 Å². The molecule has 0 radical (unpaired) electrons. The van der Waals surface area contributed by atoms with Crippen molar-refractivity contribution in [2.24, 2.45) is 11.8 Å². The highest BCUT2D eigenvalue weighted by atomic mass is 16.6. The minimum absolute atomic E-state index is 0.0421. The number of nitrogens with zero attached hydrogens (tertiary/aromatic N) is 4. The molecule has 7 rings (SSSR count). The number of methoxy groups -OCH3 is 1. The zero-order valence-corrected chi connectivity index (χ0v) is 31.8. The predicted molar refractivity (Wildman–Crippen MR) is 205 cm³/mol. The largest absolute Gasteiger partial charge is 0.453 e. The molecule has 2 aliphatic heterocycles. The van der Waals surface area contributed by atoms with Crippen LogP contribution in [0.3, 0.4) is 0 Å². The summed E-state index contributed by atoms with van der Waals surface area (Å²) in [5.74, 6) is 1.16. The summed E-state index contributed by atoms with van der Waals surface area (Å²) < 4.78 is 10.2. The van der Waals surface area contributed by atoms with Crippen LogP contribution in [0, 0.1) is 11.8 Å². The third kappa shape index (κ3) is 8.08. The van der Waals surface area contributed by atoms with Gasteiger partial charge in [-0.3, -0.25) is 9.59 Å². The topological polar surface area (TPSA) is 175 Å². The number of carbonyl (C=O) groups is 4. The number of aromatic amines is 2. The van der Waals surface area contributed by atoms with Crippen LogP contribution >= 0.6 is 0 Å². The van der Waals surface area contributed by atoms with Gasteiger partial charge in [-0.2, -0.15) is 0 Å². The Balaban J connectivity index is 0.976. The van der Waals surface area contributed by atoms with Crippen LogP contribution in [-0.4, -0.2) is 93.1 Å². The number of ether oxygens (including phenoxy) is 2. The van der Waals surface area contributed by atoms with Crippen molar-refractivity contribution in [3.63, 3.8) is 0 Å². The Morgan fingerprint density at radius 1 is 0.745 bits per heavy atom. The van der Waals surface area contributed by atoms with Crippen molar-refractivity contribution in [2.45, 2.75) is 83.0 Å². The minimum atomic E-state index is -0.871. The predicted octanol–water partition coefficient (Wildman–Crippen LogP) is 6.37. The van der Waals surface area contributed by atoms with Gasteiger partial charge in [-0.05, 0) is 73.1 Å². The molecule has 1 saturated carbocycles. The van der Waals surface area contributed by atoms with Crippen molar-refractivity contribution >= 4 is 24.0 Å². The highest BCUT2D eigenvalue weighted by Crippen LogP contribution is 2.37. The Morgan fingerprint density at radius 2 is 1.27 bits per heavy atom. The number of imidazole rings is 2. The van der Waals surface area contributed by atoms with Gasteiger partial charge in [0.1, 0.15) is 11.6 Å². The number of hydrogen-bond acceptors (Lipinski definition) is 8. The SMILES string of the molecule is CNC(=O)O[C@H](C(=O)N1CCC[C@H]1c1ncc(-c2ccc(-c3ccc(-c4cnc([C@@H]5CCCN5C(=O)[C@@H]5CC[C@H](NC(=O)OC)C5)[nH]4)cc3)cc2)[nH]1)C(C)C. The highest BCUT2D eigenvalue weighted by molar-refractivity contribution is 5.84. The Labute approximate surface area is 320 Å². The average molecular weight is 751 g/mol. The van der Waals surface area contributed by atoms with E-state index in [0.29, 0.717) is 25.3 Å². The molecule has 2 saturated heterocycles. The van der Waals surface area contributed by atoms with Crippen molar-refractivity contribution in [3.8, 4) is 33.6 Å². The Kier molecular flexibility index (Phi) is 11.2. The molecule has 4 aromatic rings. The van der Waals surface area contributed by atoms with Crippen LogP contribution in [-0.2, 0) is 19.1 Å². The van der Waals surface area contributed by atoms with Crippen LogP contribution in [0.5, 0.6) is 0 Å². The van der Waals surface area contributed by atoms with Gasteiger partial charge in [0.2, 0.25) is 5.91 Å². The van der Waals surface area contributed by atoms with Crippen molar-refractivity contribution in [3.05, 3.63) is 72.6 Å². The summed E-state index contributed by atoms with van der Waals surface area (Å²) in [6.07, 6.45) is 7.24. The first-order chi connectivity index (χ1) is 26.6. The number of aromatic nitrogens is 4. The first-order valence-corrected chi connectivity index (χ1v) is 19.3. The monoisotopic (exact) mass is 750 g/mol. The molecule has 55 heavy (non-hydrogen) atoms. The van der Waals surface area contributed by atoms with E-state index in [2.05, 4.69) is 74.1 Å². The maximum absolute atomic E-state index is 13.6. The van der Waals surface area contributed by atoms with Crippen LogP contribution in [0.4, 0.5) is 9.59 Å². The lowest BCUT2D eigenvalue weighted by atomic mass is 10.0. The molecule has 290 valence electrons. The molecule has 2 aromatic heterocycles. The summed E-state index contributed by atoms with van der Waals surface area (Å²) in [6.45, 7) is 5.02. The fourth-order valence-corrected chi connectivity index (χ4v) is 8.23. The second-order valence-electron chi connectivity index (χ2n) is 15.1. The maximum Gasteiger partial charge on any atom is 0.407 e. The summed E-state index contributed by atoms with van der Waals surface area (Å²) in [4.78, 5) is 70.7. The number of carbonyl (C=O) groups excluding carboxylic acids is 4. The Morgan fingerprint density at radius 3 is 1.80 bits per heavy atom. The van der Waals surface area contributed by atoms with Crippen LogP contribution in [0.2, 0.25) is 0 Å². The Hall–Kier alpha value is -5.66. The molecule has 0 spiro atoms. The molecule has 0 bridgehead atoms.